The van der Waals surface area contributed by atoms with Gasteiger partial charge in [0.15, 0.2) is 6.61 Å². The normalized spacial score (nSPS) is 12.9. The summed E-state index contributed by atoms with van der Waals surface area (Å²) in [4.78, 5) is 27.5. The summed E-state index contributed by atoms with van der Waals surface area (Å²) in [5, 5.41) is 3.51. The number of ether oxygens (including phenoxy) is 1. The highest BCUT2D eigenvalue weighted by Crippen LogP contribution is 2.26. The average molecular weight is 445 g/mol. The van der Waals surface area contributed by atoms with Gasteiger partial charge in [-0.1, -0.05) is 68.8 Å². The van der Waals surface area contributed by atoms with Crippen molar-refractivity contribution in [3.8, 4) is 5.75 Å². The molecule has 6 heteroatoms. The van der Waals surface area contributed by atoms with Crippen LogP contribution >= 0.6 is 11.6 Å². The predicted molar refractivity (Wildman–Crippen MR) is 125 cm³/mol. The van der Waals surface area contributed by atoms with Gasteiger partial charge in [0.05, 0.1) is 0 Å². The summed E-state index contributed by atoms with van der Waals surface area (Å²) < 4.78 is 5.89. The molecular weight excluding hydrogens is 412 g/mol. The van der Waals surface area contributed by atoms with E-state index in [2.05, 4.69) is 19.2 Å². The molecule has 1 N–H and O–H groups in total. The molecule has 0 radical (unpaired) electrons. The Balaban J connectivity index is 2.21. The summed E-state index contributed by atoms with van der Waals surface area (Å²) in [7, 11) is 0. The summed E-state index contributed by atoms with van der Waals surface area (Å²) in [6, 6.07) is 14.4. The van der Waals surface area contributed by atoms with Gasteiger partial charge < -0.3 is 15.0 Å². The fourth-order valence-corrected chi connectivity index (χ4v) is 3.37. The molecule has 0 bridgehead atoms. The SMILES string of the molecule is CC[C@@H](C)NC(=O)[C@@H](C)N(Cc1ccccc1Cl)C(=O)COc1ccccc1C(C)C. The van der Waals surface area contributed by atoms with Gasteiger partial charge >= 0.3 is 0 Å². The first-order chi connectivity index (χ1) is 14.7. The van der Waals surface area contributed by atoms with Gasteiger partial charge in [0.1, 0.15) is 11.8 Å². The van der Waals surface area contributed by atoms with Crippen LogP contribution in [0, 0.1) is 0 Å². The lowest BCUT2D eigenvalue weighted by Crippen LogP contribution is -2.50. The maximum Gasteiger partial charge on any atom is 0.261 e. The van der Waals surface area contributed by atoms with Crippen LogP contribution in [0.25, 0.3) is 0 Å². The lowest BCUT2D eigenvalue weighted by atomic mass is 10.0. The molecule has 0 unspecified atom stereocenters. The van der Waals surface area contributed by atoms with Crippen LogP contribution in [0.1, 0.15) is 58.1 Å². The first kappa shape index (κ1) is 24.7. The largest absolute Gasteiger partial charge is 0.483 e. The number of halogens is 1. The summed E-state index contributed by atoms with van der Waals surface area (Å²) >= 11 is 6.32. The van der Waals surface area contributed by atoms with Crippen molar-refractivity contribution in [2.24, 2.45) is 0 Å². The van der Waals surface area contributed by atoms with Gasteiger partial charge in [0.2, 0.25) is 5.91 Å². The first-order valence-corrected chi connectivity index (χ1v) is 11.2. The van der Waals surface area contributed by atoms with Gasteiger partial charge in [0, 0.05) is 17.6 Å². The molecule has 0 aromatic heterocycles. The van der Waals surface area contributed by atoms with Crippen LogP contribution < -0.4 is 10.1 Å². The van der Waals surface area contributed by atoms with Gasteiger partial charge in [-0.15, -0.1) is 0 Å². The van der Waals surface area contributed by atoms with Crippen molar-refractivity contribution < 1.29 is 14.3 Å². The molecule has 168 valence electrons. The Hall–Kier alpha value is -2.53. The molecule has 0 aliphatic heterocycles. The van der Waals surface area contributed by atoms with E-state index < -0.39 is 6.04 Å². The number of rotatable bonds is 10. The summed E-state index contributed by atoms with van der Waals surface area (Å²) in [6.07, 6.45) is 0.812. The van der Waals surface area contributed by atoms with Crippen LogP contribution in [0.2, 0.25) is 5.02 Å². The van der Waals surface area contributed by atoms with Crippen molar-refractivity contribution in [3.63, 3.8) is 0 Å². The number of nitrogens with one attached hydrogen (secondary N) is 1. The number of benzene rings is 2. The number of carbonyl (C=O) groups is 2. The molecule has 2 aromatic rings. The summed E-state index contributed by atoms with van der Waals surface area (Å²) in [5.74, 6) is 0.480. The maximum absolute atomic E-state index is 13.2. The van der Waals surface area contributed by atoms with E-state index in [0.717, 1.165) is 17.5 Å². The number of hydrogen-bond donors (Lipinski definition) is 1. The monoisotopic (exact) mass is 444 g/mol. The van der Waals surface area contributed by atoms with Crippen LogP contribution in [-0.4, -0.2) is 35.4 Å². The van der Waals surface area contributed by atoms with Crippen LogP contribution in [0.3, 0.4) is 0 Å². The number of amides is 2. The molecule has 0 aliphatic rings. The molecule has 2 rings (SSSR count). The van der Waals surface area contributed by atoms with Crippen molar-refractivity contribution >= 4 is 23.4 Å². The van der Waals surface area contributed by atoms with Crippen molar-refractivity contribution in [1.29, 1.82) is 0 Å². The second kappa shape index (κ2) is 11.8. The van der Waals surface area contributed by atoms with Crippen LogP contribution in [0.5, 0.6) is 5.75 Å². The lowest BCUT2D eigenvalue weighted by Gasteiger charge is -2.30. The standard InChI is InChI=1S/C25H33ClN2O3/c1-6-18(4)27-25(30)19(5)28(15-20-11-7-9-13-22(20)26)24(29)16-31-23-14-10-8-12-21(23)17(2)3/h7-14,17-19H,6,15-16H2,1-5H3,(H,27,30)/t18-,19-/m1/s1. The smallest absolute Gasteiger partial charge is 0.261 e. The Morgan fingerprint density at radius 3 is 2.32 bits per heavy atom. The van der Waals surface area contributed by atoms with Gasteiger partial charge in [-0.05, 0) is 49.4 Å². The number of hydrogen-bond acceptors (Lipinski definition) is 3. The van der Waals surface area contributed by atoms with E-state index in [1.807, 2.05) is 56.3 Å². The van der Waals surface area contributed by atoms with E-state index >= 15 is 0 Å². The molecule has 0 aliphatic carbocycles. The average Bonchev–Trinajstić information content (AvgIpc) is 2.76. The molecule has 31 heavy (non-hydrogen) atoms. The predicted octanol–water partition coefficient (Wildman–Crippen LogP) is 5.17. The highest BCUT2D eigenvalue weighted by Gasteiger charge is 2.27. The number of carbonyl (C=O) groups excluding carboxylic acids is 2. The van der Waals surface area contributed by atoms with E-state index in [9.17, 15) is 9.59 Å². The van der Waals surface area contributed by atoms with Crippen LogP contribution in [0.15, 0.2) is 48.5 Å². The minimum Gasteiger partial charge on any atom is -0.483 e. The molecule has 2 aromatic carbocycles. The Morgan fingerprint density at radius 1 is 1.03 bits per heavy atom. The van der Waals surface area contributed by atoms with E-state index in [4.69, 9.17) is 16.3 Å². The molecule has 0 saturated heterocycles. The second-order valence-electron chi connectivity index (χ2n) is 8.09. The third-order valence-corrected chi connectivity index (χ3v) is 5.73. The Morgan fingerprint density at radius 2 is 1.68 bits per heavy atom. The topological polar surface area (TPSA) is 58.6 Å². The molecule has 0 fully saturated rings. The number of nitrogens with zero attached hydrogens (tertiary/aromatic N) is 1. The fourth-order valence-electron chi connectivity index (χ4n) is 3.17. The third-order valence-electron chi connectivity index (χ3n) is 5.36. The van der Waals surface area contributed by atoms with E-state index in [-0.39, 0.29) is 36.9 Å². The minimum absolute atomic E-state index is 0.0291. The van der Waals surface area contributed by atoms with Gasteiger partial charge in [-0.3, -0.25) is 9.59 Å². The minimum atomic E-state index is -0.665. The Bertz CT molecular complexity index is 885. The van der Waals surface area contributed by atoms with Crippen molar-refractivity contribution in [3.05, 3.63) is 64.7 Å². The first-order valence-electron chi connectivity index (χ1n) is 10.8. The molecule has 2 amide bonds. The fraction of sp³-hybridized carbons (Fsp3) is 0.440. The van der Waals surface area contributed by atoms with Crippen LogP contribution in [0.4, 0.5) is 0 Å². The zero-order valence-electron chi connectivity index (χ0n) is 19.0. The molecular formula is C25H33ClN2O3. The molecule has 0 saturated carbocycles. The Labute approximate surface area is 190 Å². The zero-order valence-corrected chi connectivity index (χ0v) is 19.8. The maximum atomic E-state index is 13.2. The van der Waals surface area contributed by atoms with Gasteiger partial charge in [0.25, 0.3) is 5.91 Å². The molecule has 0 spiro atoms. The van der Waals surface area contributed by atoms with E-state index in [0.29, 0.717) is 10.8 Å². The van der Waals surface area contributed by atoms with Crippen molar-refractivity contribution in [2.45, 2.75) is 65.6 Å². The highest BCUT2D eigenvalue weighted by atomic mass is 35.5. The van der Waals surface area contributed by atoms with Gasteiger partial charge in [-0.2, -0.15) is 0 Å². The Kier molecular flexibility index (Phi) is 9.38. The third kappa shape index (κ3) is 7.00. The van der Waals surface area contributed by atoms with Gasteiger partial charge in [-0.25, -0.2) is 0 Å². The lowest BCUT2D eigenvalue weighted by molar-refractivity contribution is -0.142. The second-order valence-corrected chi connectivity index (χ2v) is 8.50. The molecule has 2 atom stereocenters. The van der Waals surface area contributed by atoms with E-state index in [1.165, 1.54) is 4.90 Å². The highest BCUT2D eigenvalue weighted by molar-refractivity contribution is 6.31. The molecule has 5 nitrogen and oxygen atoms in total. The zero-order chi connectivity index (χ0) is 23.0. The number of para-hydroxylation sites is 1. The van der Waals surface area contributed by atoms with E-state index in [1.54, 1.807) is 13.0 Å². The van der Waals surface area contributed by atoms with Crippen molar-refractivity contribution in [2.75, 3.05) is 6.61 Å². The van der Waals surface area contributed by atoms with Crippen LogP contribution in [-0.2, 0) is 16.1 Å². The quantitative estimate of drug-likeness (QED) is 0.549. The summed E-state index contributed by atoms with van der Waals surface area (Å²) in [6.45, 7) is 9.90. The molecule has 0 heterocycles. The summed E-state index contributed by atoms with van der Waals surface area (Å²) in [5.41, 5.74) is 1.82. The van der Waals surface area contributed by atoms with Crippen molar-refractivity contribution in [1.82, 2.24) is 10.2 Å².